The Balaban J connectivity index is 2.77. The number of thiophene rings is 1. The Hall–Kier alpha value is -0.380. The molecule has 0 aliphatic heterocycles. The Kier molecular flexibility index (Phi) is 3.90. The molecule has 2 atom stereocenters. The summed E-state index contributed by atoms with van der Waals surface area (Å²) in [5, 5.41) is 12.0. The first-order valence-corrected chi connectivity index (χ1v) is 5.50. The Morgan fingerprint density at radius 1 is 1.62 bits per heavy atom. The van der Waals surface area contributed by atoms with Crippen LogP contribution in [0.3, 0.4) is 0 Å². The molecule has 0 aliphatic rings. The predicted octanol–water partition coefficient (Wildman–Crippen LogP) is 2.07. The average Bonchev–Trinajstić information content (AvgIpc) is 2.53. The van der Waals surface area contributed by atoms with Crippen LogP contribution in [-0.2, 0) is 0 Å². The molecule has 0 spiro atoms. The summed E-state index contributed by atoms with van der Waals surface area (Å²) in [5.41, 5.74) is 6.76. The standard InChI is InChI=1S/C10H17NOS/c1-3-8(6-11)9(12)10-7(2)4-5-13-10/h4-5,8-9,12H,3,6,11H2,1-2H3. The van der Waals surface area contributed by atoms with E-state index in [0.29, 0.717) is 6.54 Å². The molecule has 0 aromatic carbocycles. The van der Waals surface area contributed by atoms with Crippen LogP contribution in [0.1, 0.15) is 29.9 Å². The molecule has 3 N–H and O–H groups in total. The van der Waals surface area contributed by atoms with Crippen molar-refractivity contribution in [2.75, 3.05) is 6.54 Å². The van der Waals surface area contributed by atoms with E-state index in [1.807, 2.05) is 18.4 Å². The van der Waals surface area contributed by atoms with Gasteiger partial charge in [-0.15, -0.1) is 11.3 Å². The van der Waals surface area contributed by atoms with Crippen LogP contribution < -0.4 is 5.73 Å². The molecule has 1 rings (SSSR count). The van der Waals surface area contributed by atoms with E-state index in [2.05, 4.69) is 6.92 Å². The van der Waals surface area contributed by atoms with Gasteiger partial charge in [0, 0.05) is 10.8 Å². The van der Waals surface area contributed by atoms with Crippen molar-refractivity contribution < 1.29 is 5.11 Å². The normalized spacial score (nSPS) is 15.7. The summed E-state index contributed by atoms with van der Waals surface area (Å²) in [6, 6.07) is 2.03. The predicted molar refractivity (Wildman–Crippen MR) is 56.9 cm³/mol. The molecule has 0 aliphatic carbocycles. The lowest BCUT2D eigenvalue weighted by atomic mass is 9.97. The largest absolute Gasteiger partial charge is 0.387 e. The number of aliphatic hydroxyl groups is 1. The Morgan fingerprint density at radius 2 is 2.31 bits per heavy atom. The topological polar surface area (TPSA) is 46.2 Å². The minimum absolute atomic E-state index is 0.192. The van der Waals surface area contributed by atoms with E-state index in [1.165, 1.54) is 5.56 Å². The van der Waals surface area contributed by atoms with Gasteiger partial charge >= 0.3 is 0 Å². The molecule has 1 aromatic heterocycles. The highest BCUT2D eigenvalue weighted by atomic mass is 32.1. The lowest BCUT2D eigenvalue weighted by Crippen LogP contribution is -2.21. The van der Waals surface area contributed by atoms with E-state index in [9.17, 15) is 5.11 Å². The number of hydrogen-bond donors (Lipinski definition) is 2. The van der Waals surface area contributed by atoms with Gasteiger partial charge < -0.3 is 10.8 Å². The molecule has 13 heavy (non-hydrogen) atoms. The minimum Gasteiger partial charge on any atom is -0.387 e. The van der Waals surface area contributed by atoms with Gasteiger partial charge in [-0.05, 0) is 36.9 Å². The van der Waals surface area contributed by atoms with Crippen molar-refractivity contribution in [2.45, 2.75) is 26.4 Å². The van der Waals surface area contributed by atoms with Gasteiger partial charge in [-0.3, -0.25) is 0 Å². The summed E-state index contributed by atoms with van der Waals surface area (Å²) in [7, 11) is 0. The van der Waals surface area contributed by atoms with E-state index in [0.717, 1.165) is 11.3 Å². The van der Waals surface area contributed by atoms with Gasteiger partial charge in [0.25, 0.3) is 0 Å². The maximum Gasteiger partial charge on any atom is 0.0924 e. The van der Waals surface area contributed by atoms with Gasteiger partial charge in [-0.25, -0.2) is 0 Å². The van der Waals surface area contributed by atoms with Crippen LogP contribution >= 0.6 is 11.3 Å². The first-order valence-electron chi connectivity index (χ1n) is 4.62. The SMILES string of the molecule is CCC(CN)C(O)c1sccc1C. The van der Waals surface area contributed by atoms with Gasteiger partial charge in [-0.2, -0.15) is 0 Å². The molecule has 74 valence electrons. The average molecular weight is 199 g/mol. The van der Waals surface area contributed by atoms with Gasteiger partial charge in [0.2, 0.25) is 0 Å². The lowest BCUT2D eigenvalue weighted by molar-refractivity contribution is 0.113. The van der Waals surface area contributed by atoms with Crippen LogP contribution in [0.25, 0.3) is 0 Å². The van der Waals surface area contributed by atoms with Crippen LogP contribution in [0.15, 0.2) is 11.4 Å². The number of nitrogens with two attached hydrogens (primary N) is 1. The molecule has 0 saturated carbocycles. The fourth-order valence-electron chi connectivity index (χ4n) is 1.42. The van der Waals surface area contributed by atoms with E-state index in [-0.39, 0.29) is 12.0 Å². The molecule has 0 amide bonds. The molecule has 1 aromatic rings. The highest BCUT2D eigenvalue weighted by Gasteiger charge is 2.20. The van der Waals surface area contributed by atoms with Crippen LogP contribution in [0.4, 0.5) is 0 Å². The second-order valence-corrected chi connectivity index (χ2v) is 4.26. The maximum absolute atomic E-state index is 9.98. The van der Waals surface area contributed by atoms with E-state index >= 15 is 0 Å². The molecular weight excluding hydrogens is 182 g/mol. The van der Waals surface area contributed by atoms with Crippen molar-refractivity contribution in [3.63, 3.8) is 0 Å². The number of aryl methyl sites for hydroxylation is 1. The third-order valence-corrected chi connectivity index (χ3v) is 3.53. The Morgan fingerprint density at radius 3 is 2.69 bits per heavy atom. The number of rotatable bonds is 4. The molecule has 2 unspecified atom stereocenters. The first-order chi connectivity index (χ1) is 6.20. The molecule has 0 fully saturated rings. The Labute approximate surface area is 83.4 Å². The van der Waals surface area contributed by atoms with E-state index in [4.69, 9.17) is 5.73 Å². The summed E-state index contributed by atoms with van der Waals surface area (Å²) in [4.78, 5) is 1.07. The van der Waals surface area contributed by atoms with E-state index in [1.54, 1.807) is 11.3 Å². The smallest absolute Gasteiger partial charge is 0.0924 e. The zero-order chi connectivity index (χ0) is 9.84. The fourth-order valence-corrected chi connectivity index (χ4v) is 2.42. The molecule has 1 heterocycles. The summed E-state index contributed by atoms with van der Waals surface area (Å²) in [5.74, 6) is 0.192. The van der Waals surface area contributed by atoms with Crippen molar-refractivity contribution in [3.05, 3.63) is 21.9 Å². The molecule has 0 bridgehead atoms. The van der Waals surface area contributed by atoms with Crippen molar-refractivity contribution in [1.29, 1.82) is 0 Å². The van der Waals surface area contributed by atoms with Gasteiger partial charge in [0.05, 0.1) is 6.10 Å². The fraction of sp³-hybridized carbons (Fsp3) is 0.600. The second-order valence-electron chi connectivity index (χ2n) is 3.32. The van der Waals surface area contributed by atoms with E-state index < -0.39 is 0 Å². The van der Waals surface area contributed by atoms with Gasteiger partial charge in [0.15, 0.2) is 0 Å². The van der Waals surface area contributed by atoms with Crippen molar-refractivity contribution in [2.24, 2.45) is 11.7 Å². The quantitative estimate of drug-likeness (QED) is 0.780. The molecule has 3 heteroatoms. The summed E-state index contributed by atoms with van der Waals surface area (Å²) >= 11 is 1.61. The third kappa shape index (κ3) is 2.30. The van der Waals surface area contributed by atoms with Gasteiger partial charge in [-0.1, -0.05) is 6.92 Å². The second kappa shape index (κ2) is 4.74. The minimum atomic E-state index is -0.380. The highest BCUT2D eigenvalue weighted by molar-refractivity contribution is 7.10. The van der Waals surface area contributed by atoms with Gasteiger partial charge in [0.1, 0.15) is 0 Å². The van der Waals surface area contributed by atoms with Crippen LogP contribution in [-0.4, -0.2) is 11.7 Å². The molecule has 2 nitrogen and oxygen atoms in total. The van der Waals surface area contributed by atoms with Crippen LogP contribution in [0.2, 0.25) is 0 Å². The summed E-state index contributed by atoms with van der Waals surface area (Å²) < 4.78 is 0. The third-order valence-electron chi connectivity index (χ3n) is 2.44. The highest BCUT2D eigenvalue weighted by Crippen LogP contribution is 2.30. The number of hydrogen-bond acceptors (Lipinski definition) is 3. The molecule has 0 radical (unpaired) electrons. The Bertz CT molecular complexity index is 255. The first kappa shape index (κ1) is 10.7. The molecule has 0 saturated heterocycles. The lowest BCUT2D eigenvalue weighted by Gasteiger charge is -2.19. The van der Waals surface area contributed by atoms with Crippen molar-refractivity contribution in [3.8, 4) is 0 Å². The summed E-state index contributed by atoms with van der Waals surface area (Å²) in [6.45, 7) is 4.64. The zero-order valence-electron chi connectivity index (χ0n) is 8.16. The molecular formula is C10H17NOS. The van der Waals surface area contributed by atoms with Crippen LogP contribution in [0.5, 0.6) is 0 Å². The van der Waals surface area contributed by atoms with Crippen LogP contribution in [0, 0.1) is 12.8 Å². The zero-order valence-corrected chi connectivity index (χ0v) is 8.97. The number of aliphatic hydroxyl groups excluding tert-OH is 1. The summed E-state index contributed by atoms with van der Waals surface area (Å²) in [6.07, 6.45) is 0.546. The van der Waals surface area contributed by atoms with Crippen molar-refractivity contribution in [1.82, 2.24) is 0 Å². The maximum atomic E-state index is 9.98. The van der Waals surface area contributed by atoms with Crippen molar-refractivity contribution >= 4 is 11.3 Å². The monoisotopic (exact) mass is 199 g/mol.